The molecule has 0 bridgehead atoms. The van der Waals surface area contributed by atoms with Crippen LogP contribution in [0.1, 0.15) is 12.5 Å². The Hall–Kier alpha value is -3.89. The van der Waals surface area contributed by atoms with Gasteiger partial charge in [-0.15, -0.1) is 0 Å². The van der Waals surface area contributed by atoms with Gasteiger partial charge in [0.2, 0.25) is 5.91 Å². The molecule has 32 heavy (non-hydrogen) atoms. The number of carbonyl (C=O) groups is 3. The second-order valence-corrected chi connectivity index (χ2v) is 7.26. The van der Waals surface area contributed by atoms with Crippen LogP contribution in [0.15, 0.2) is 42.5 Å². The van der Waals surface area contributed by atoms with Crippen molar-refractivity contribution in [3.8, 4) is 17.2 Å². The predicted molar refractivity (Wildman–Crippen MR) is 107 cm³/mol. The first-order valence-corrected chi connectivity index (χ1v) is 9.65. The van der Waals surface area contributed by atoms with Gasteiger partial charge >= 0.3 is 12.6 Å². The van der Waals surface area contributed by atoms with Crippen molar-refractivity contribution in [1.82, 2.24) is 10.2 Å². The van der Waals surface area contributed by atoms with Gasteiger partial charge in [0.15, 0.2) is 11.5 Å². The van der Waals surface area contributed by atoms with Crippen LogP contribution in [0.5, 0.6) is 17.2 Å². The lowest BCUT2D eigenvalue weighted by Gasteiger charge is -2.22. The molecular weight excluding hydrogens is 428 g/mol. The summed E-state index contributed by atoms with van der Waals surface area (Å²) < 4.78 is 39.8. The number of alkyl halides is 2. The smallest absolute Gasteiger partial charge is 0.387 e. The summed E-state index contributed by atoms with van der Waals surface area (Å²) in [6, 6.07) is 9.44. The molecule has 0 spiro atoms. The highest BCUT2D eigenvalue weighted by Crippen LogP contribution is 2.33. The summed E-state index contributed by atoms with van der Waals surface area (Å²) >= 11 is 0. The molecule has 0 saturated carbocycles. The minimum absolute atomic E-state index is 0.0835. The fourth-order valence-corrected chi connectivity index (χ4v) is 3.47. The van der Waals surface area contributed by atoms with E-state index in [9.17, 15) is 23.2 Å². The Kier molecular flexibility index (Phi) is 5.56. The van der Waals surface area contributed by atoms with Crippen LogP contribution in [0.2, 0.25) is 0 Å². The number of nitrogens with zero attached hydrogens (tertiary/aromatic N) is 1. The topological polar surface area (TPSA) is 106 Å². The molecule has 2 N–H and O–H groups in total. The highest BCUT2D eigenvalue weighted by Gasteiger charge is 2.49. The Morgan fingerprint density at radius 1 is 1.16 bits per heavy atom. The third kappa shape index (κ3) is 4.13. The Morgan fingerprint density at radius 2 is 1.84 bits per heavy atom. The Balaban J connectivity index is 1.44. The summed E-state index contributed by atoms with van der Waals surface area (Å²) in [6.07, 6.45) is 0. The van der Waals surface area contributed by atoms with Crippen molar-refractivity contribution >= 4 is 23.5 Å². The molecular formula is C21H19F2N3O6. The lowest BCUT2D eigenvalue weighted by Crippen LogP contribution is -2.42. The Labute approximate surface area is 181 Å². The summed E-state index contributed by atoms with van der Waals surface area (Å²) in [5, 5.41) is 5.17. The zero-order chi connectivity index (χ0) is 22.9. The van der Waals surface area contributed by atoms with Gasteiger partial charge in [-0.3, -0.25) is 14.5 Å². The molecule has 1 fully saturated rings. The molecule has 4 amide bonds. The van der Waals surface area contributed by atoms with Crippen molar-refractivity contribution in [2.75, 3.05) is 25.1 Å². The Bertz CT molecular complexity index is 1060. The highest BCUT2D eigenvalue weighted by molar-refractivity contribution is 6.10. The Morgan fingerprint density at radius 3 is 2.53 bits per heavy atom. The molecule has 1 saturated heterocycles. The average Bonchev–Trinajstić information content (AvgIpc) is 2.97. The molecule has 0 aromatic heterocycles. The van der Waals surface area contributed by atoms with E-state index in [0.717, 1.165) is 4.90 Å². The summed E-state index contributed by atoms with van der Waals surface area (Å²) in [7, 11) is 0. The lowest BCUT2D eigenvalue weighted by atomic mass is 9.92. The zero-order valence-corrected chi connectivity index (χ0v) is 16.9. The van der Waals surface area contributed by atoms with Crippen molar-refractivity contribution in [3.05, 3.63) is 48.0 Å². The van der Waals surface area contributed by atoms with E-state index in [1.54, 1.807) is 18.2 Å². The molecule has 0 radical (unpaired) electrons. The number of nitrogens with one attached hydrogen (secondary N) is 2. The third-order valence-corrected chi connectivity index (χ3v) is 5.06. The van der Waals surface area contributed by atoms with Gasteiger partial charge < -0.3 is 24.8 Å². The number of fused-ring (bicyclic) bond motifs is 1. The van der Waals surface area contributed by atoms with E-state index < -0.39 is 36.5 Å². The standard InChI is InChI=1S/C21H19F2N3O6/c1-21(12-2-5-14(6-3-12)32-19(22)23)18(28)26(20(29)25-21)11-17(27)24-13-4-7-15-16(10-13)31-9-8-30-15/h2-7,10,19H,8-9,11H2,1H3,(H,24,27)(H,25,29). The summed E-state index contributed by atoms with van der Waals surface area (Å²) in [4.78, 5) is 38.6. The van der Waals surface area contributed by atoms with Gasteiger partial charge in [-0.2, -0.15) is 8.78 Å². The van der Waals surface area contributed by atoms with E-state index in [1.807, 2.05) is 0 Å². The number of imide groups is 1. The van der Waals surface area contributed by atoms with E-state index in [0.29, 0.717) is 36.0 Å². The number of hydrogen-bond acceptors (Lipinski definition) is 6. The van der Waals surface area contributed by atoms with Gasteiger partial charge in [-0.25, -0.2) is 4.79 Å². The van der Waals surface area contributed by atoms with Gasteiger partial charge in [-0.1, -0.05) is 12.1 Å². The van der Waals surface area contributed by atoms with Gasteiger partial charge in [-0.05, 0) is 36.8 Å². The van der Waals surface area contributed by atoms with Crippen molar-refractivity contribution in [1.29, 1.82) is 0 Å². The van der Waals surface area contributed by atoms with Crippen LogP contribution >= 0.6 is 0 Å². The molecule has 0 aliphatic carbocycles. The average molecular weight is 447 g/mol. The first-order valence-electron chi connectivity index (χ1n) is 9.65. The minimum Gasteiger partial charge on any atom is -0.486 e. The number of benzene rings is 2. The number of anilines is 1. The number of hydrogen-bond donors (Lipinski definition) is 2. The normalized spacial score (nSPS) is 19.7. The van der Waals surface area contributed by atoms with Crippen LogP contribution in [0.3, 0.4) is 0 Å². The fourth-order valence-electron chi connectivity index (χ4n) is 3.47. The summed E-state index contributed by atoms with van der Waals surface area (Å²) in [5.74, 6) is -0.280. The van der Waals surface area contributed by atoms with Gasteiger partial charge in [0.05, 0.1) is 0 Å². The molecule has 2 aliphatic heterocycles. The molecule has 11 heteroatoms. The monoisotopic (exact) mass is 447 g/mol. The van der Waals surface area contributed by atoms with Gasteiger partial charge in [0, 0.05) is 11.8 Å². The predicted octanol–water partition coefficient (Wildman–Crippen LogP) is 2.46. The molecule has 2 heterocycles. The van der Waals surface area contributed by atoms with E-state index in [-0.39, 0.29) is 5.75 Å². The van der Waals surface area contributed by atoms with Gasteiger partial charge in [0.25, 0.3) is 5.91 Å². The number of carbonyl (C=O) groups excluding carboxylic acids is 3. The van der Waals surface area contributed by atoms with Crippen LogP contribution in [-0.4, -0.2) is 49.1 Å². The van der Waals surface area contributed by atoms with Crippen molar-refractivity contribution < 1.29 is 37.4 Å². The molecule has 4 rings (SSSR count). The summed E-state index contributed by atoms with van der Waals surface area (Å²) in [5.41, 5.74) is -0.687. The van der Waals surface area contributed by atoms with Crippen LogP contribution in [0.4, 0.5) is 19.3 Å². The fraction of sp³-hybridized carbons (Fsp3) is 0.286. The van der Waals surface area contributed by atoms with Crippen LogP contribution in [-0.2, 0) is 15.1 Å². The van der Waals surface area contributed by atoms with E-state index in [1.165, 1.54) is 31.2 Å². The molecule has 2 aromatic carbocycles. The largest absolute Gasteiger partial charge is 0.486 e. The molecule has 168 valence electrons. The number of ether oxygens (including phenoxy) is 3. The zero-order valence-electron chi connectivity index (χ0n) is 16.9. The second kappa shape index (κ2) is 8.33. The van der Waals surface area contributed by atoms with Crippen LogP contribution < -0.4 is 24.8 Å². The van der Waals surface area contributed by atoms with E-state index in [4.69, 9.17) is 9.47 Å². The highest BCUT2D eigenvalue weighted by atomic mass is 19.3. The molecule has 2 aromatic rings. The number of urea groups is 1. The first-order chi connectivity index (χ1) is 15.3. The maximum absolute atomic E-state index is 13.0. The second-order valence-electron chi connectivity index (χ2n) is 7.26. The molecule has 1 unspecified atom stereocenters. The third-order valence-electron chi connectivity index (χ3n) is 5.06. The molecule has 1 atom stereocenters. The first kappa shape index (κ1) is 21.3. The van der Waals surface area contributed by atoms with E-state index in [2.05, 4.69) is 15.4 Å². The number of halogens is 2. The quantitative estimate of drug-likeness (QED) is 0.659. The minimum atomic E-state index is -2.98. The number of amides is 4. The SMILES string of the molecule is CC1(c2ccc(OC(F)F)cc2)NC(=O)N(CC(=O)Nc2ccc3c(c2)OCCO3)C1=O. The van der Waals surface area contributed by atoms with Gasteiger partial charge in [0.1, 0.15) is 31.0 Å². The van der Waals surface area contributed by atoms with Crippen molar-refractivity contribution in [2.24, 2.45) is 0 Å². The maximum Gasteiger partial charge on any atom is 0.387 e. The van der Waals surface area contributed by atoms with E-state index >= 15 is 0 Å². The number of rotatable bonds is 6. The van der Waals surface area contributed by atoms with Crippen molar-refractivity contribution in [2.45, 2.75) is 19.1 Å². The van der Waals surface area contributed by atoms with Crippen LogP contribution in [0, 0.1) is 0 Å². The molecule has 2 aliphatic rings. The molecule has 9 nitrogen and oxygen atoms in total. The van der Waals surface area contributed by atoms with Crippen LogP contribution in [0.25, 0.3) is 0 Å². The van der Waals surface area contributed by atoms with Crippen molar-refractivity contribution in [3.63, 3.8) is 0 Å². The summed E-state index contributed by atoms with van der Waals surface area (Å²) in [6.45, 7) is -1.20. The maximum atomic E-state index is 13.0. The lowest BCUT2D eigenvalue weighted by molar-refractivity contribution is -0.133.